The highest BCUT2D eigenvalue weighted by Crippen LogP contribution is 2.34. The van der Waals surface area contributed by atoms with Gasteiger partial charge in [-0.15, -0.1) is 12.4 Å². The van der Waals surface area contributed by atoms with Gasteiger partial charge in [0.25, 0.3) is 0 Å². The van der Waals surface area contributed by atoms with E-state index in [-0.39, 0.29) is 18.3 Å². The van der Waals surface area contributed by atoms with Crippen molar-refractivity contribution in [3.8, 4) is 0 Å². The van der Waals surface area contributed by atoms with E-state index in [1.165, 1.54) is 6.26 Å². The van der Waals surface area contributed by atoms with Crippen LogP contribution < -0.4 is 5.32 Å². The Morgan fingerprint density at radius 3 is 2.33 bits per heavy atom. The number of halogens is 2. The van der Waals surface area contributed by atoms with Gasteiger partial charge in [0.15, 0.2) is 14.6 Å². The van der Waals surface area contributed by atoms with Gasteiger partial charge in [0, 0.05) is 24.4 Å². The second-order valence-corrected chi connectivity index (χ2v) is 10.3. The second kappa shape index (κ2) is 9.12. The molecular weight excluding hydrogens is 407 g/mol. The molecule has 1 aromatic carbocycles. The molecule has 152 valence electrons. The molecule has 8 heteroatoms. The van der Waals surface area contributed by atoms with E-state index in [9.17, 15) is 13.2 Å². The fourth-order valence-electron chi connectivity index (χ4n) is 3.67. The van der Waals surface area contributed by atoms with Crippen molar-refractivity contribution >= 4 is 39.8 Å². The topological polar surface area (TPSA) is 66.5 Å². The zero-order chi connectivity index (χ0) is 18.8. The molecule has 0 atom stereocenters. The molecule has 1 aliphatic heterocycles. The van der Waals surface area contributed by atoms with Gasteiger partial charge < -0.3 is 10.2 Å². The third-order valence-electron chi connectivity index (χ3n) is 5.56. The highest BCUT2D eigenvalue weighted by atomic mass is 35.5. The minimum absolute atomic E-state index is 0. The lowest BCUT2D eigenvalue weighted by Crippen LogP contribution is -2.58. The maximum atomic E-state index is 13.4. The Morgan fingerprint density at radius 1 is 1.22 bits per heavy atom. The van der Waals surface area contributed by atoms with E-state index in [1.807, 2.05) is 24.3 Å². The highest BCUT2D eigenvalue weighted by Gasteiger charge is 2.50. The van der Waals surface area contributed by atoms with Gasteiger partial charge in [0.2, 0.25) is 5.91 Å². The normalized spacial score (nSPS) is 19.2. The standard InChI is InChI=1S/C19H27ClN2O3S.ClH/c1-26(24,25)19(9-11-21-12-10-19)18(23)22(14-16-2-3-16)13-8-15-4-6-17(20)7-5-15;/h4-7,16,21H,2-3,8-14H2,1H3;1H. The number of rotatable bonds is 7. The summed E-state index contributed by atoms with van der Waals surface area (Å²) in [5.41, 5.74) is 1.10. The average Bonchev–Trinajstić information content (AvgIpc) is 3.43. The highest BCUT2D eigenvalue weighted by molar-refractivity contribution is 7.92. The monoisotopic (exact) mass is 434 g/mol. The first-order valence-electron chi connectivity index (χ1n) is 9.26. The number of carbonyl (C=O) groups is 1. The van der Waals surface area contributed by atoms with E-state index in [1.54, 1.807) is 4.90 Å². The van der Waals surface area contributed by atoms with E-state index < -0.39 is 14.6 Å². The molecule has 0 spiro atoms. The second-order valence-electron chi connectivity index (χ2n) is 7.59. The van der Waals surface area contributed by atoms with E-state index in [4.69, 9.17) is 11.6 Å². The van der Waals surface area contributed by atoms with Crippen molar-refractivity contribution in [3.05, 3.63) is 34.9 Å². The van der Waals surface area contributed by atoms with Crippen LogP contribution >= 0.6 is 24.0 Å². The summed E-state index contributed by atoms with van der Waals surface area (Å²) in [5, 5.41) is 3.86. The van der Waals surface area contributed by atoms with Gasteiger partial charge in [-0.05, 0) is 68.8 Å². The number of carbonyl (C=O) groups excluding carboxylic acids is 1. The summed E-state index contributed by atoms with van der Waals surface area (Å²) in [4.78, 5) is 15.2. The Kier molecular flexibility index (Phi) is 7.59. The summed E-state index contributed by atoms with van der Waals surface area (Å²) in [6.45, 7) is 2.33. The van der Waals surface area contributed by atoms with Crippen molar-refractivity contribution in [1.29, 1.82) is 0 Å². The van der Waals surface area contributed by atoms with Crippen LogP contribution in [0.3, 0.4) is 0 Å². The van der Waals surface area contributed by atoms with E-state index >= 15 is 0 Å². The van der Waals surface area contributed by atoms with Crippen LogP contribution in [0.25, 0.3) is 0 Å². The number of amides is 1. The summed E-state index contributed by atoms with van der Waals surface area (Å²) in [7, 11) is -3.48. The van der Waals surface area contributed by atoms with Crippen molar-refractivity contribution in [2.75, 3.05) is 32.4 Å². The lowest BCUT2D eigenvalue weighted by Gasteiger charge is -2.38. The molecule has 1 aromatic rings. The van der Waals surface area contributed by atoms with Crippen molar-refractivity contribution < 1.29 is 13.2 Å². The van der Waals surface area contributed by atoms with Gasteiger partial charge in [-0.3, -0.25) is 4.79 Å². The zero-order valence-electron chi connectivity index (χ0n) is 15.6. The van der Waals surface area contributed by atoms with Crippen LogP contribution in [0.15, 0.2) is 24.3 Å². The van der Waals surface area contributed by atoms with E-state index in [0.717, 1.165) is 18.4 Å². The first-order valence-corrected chi connectivity index (χ1v) is 11.5. The van der Waals surface area contributed by atoms with Crippen LogP contribution in [0.1, 0.15) is 31.2 Å². The molecule has 1 saturated heterocycles. The summed E-state index contributed by atoms with van der Waals surface area (Å²) in [6, 6.07) is 7.60. The Hall–Kier alpha value is -0.820. The zero-order valence-corrected chi connectivity index (χ0v) is 18.0. The average molecular weight is 435 g/mol. The Bertz CT molecular complexity index is 743. The molecule has 1 amide bonds. The fraction of sp³-hybridized carbons (Fsp3) is 0.632. The number of benzene rings is 1. The minimum atomic E-state index is -3.48. The first kappa shape index (κ1) is 22.5. The molecule has 1 aliphatic carbocycles. The summed E-state index contributed by atoms with van der Waals surface area (Å²) in [6.07, 6.45) is 4.87. The summed E-state index contributed by atoms with van der Waals surface area (Å²) >= 11 is 5.93. The van der Waals surface area contributed by atoms with Crippen LogP contribution in [0.2, 0.25) is 5.02 Å². The van der Waals surface area contributed by atoms with Crippen LogP contribution in [0.4, 0.5) is 0 Å². The number of hydrogen-bond donors (Lipinski definition) is 1. The van der Waals surface area contributed by atoms with Crippen molar-refractivity contribution in [2.45, 2.75) is 36.9 Å². The number of hydrogen-bond acceptors (Lipinski definition) is 4. The molecule has 5 nitrogen and oxygen atoms in total. The summed E-state index contributed by atoms with van der Waals surface area (Å²) in [5.74, 6) is 0.310. The third-order valence-corrected chi connectivity index (χ3v) is 7.81. The molecule has 27 heavy (non-hydrogen) atoms. The van der Waals surface area contributed by atoms with Crippen LogP contribution in [-0.2, 0) is 21.1 Å². The molecule has 1 saturated carbocycles. The SMILES string of the molecule is CS(=O)(=O)C1(C(=O)N(CCc2ccc(Cl)cc2)CC2CC2)CCNCC1.Cl. The van der Waals surface area contributed by atoms with Crippen LogP contribution in [-0.4, -0.2) is 56.4 Å². The number of nitrogens with one attached hydrogen (secondary N) is 1. The predicted molar refractivity (Wildman–Crippen MR) is 111 cm³/mol. The van der Waals surface area contributed by atoms with Gasteiger partial charge in [0.05, 0.1) is 0 Å². The molecule has 0 aromatic heterocycles. The Morgan fingerprint density at radius 2 is 1.81 bits per heavy atom. The number of nitrogens with zero attached hydrogens (tertiary/aromatic N) is 1. The van der Waals surface area contributed by atoms with Gasteiger partial charge in [-0.2, -0.15) is 0 Å². The molecule has 3 rings (SSSR count). The molecule has 0 unspecified atom stereocenters. The quantitative estimate of drug-likeness (QED) is 0.715. The molecule has 0 bridgehead atoms. The van der Waals surface area contributed by atoms with Crippen LogP contribution in [0.5, 0.6) is 0 Å². The number of sulfone groups is 1. The van der Waals surface area contributed by atoms with Gasteiger partial charge in [0.1, 0.15) is 0 Å². The Labute approximate surface area is 173 Å². The fourth-order valence-corrected chi connectivity index (χ4v) is 5.18. The van der Waals surface area contributed by atoms with E-state index in [2.05, 4.69) is 5.32 Å². The van der Waals surface area contributed by atoms with Crippen molar-refractivity contribution in [2.24, 2.45) is 5.92 Å². The largest absolute Gasteiger partial charge is 0.341 e. The van der Waals surface area contributed by atoms with Gasteiger partial charge in [-0.1, -0.05) is 23.7 Å². The van der Waals surface area contributed by atoms with Crippen LogP contribution in [0, 0.1) is 5.92 Å². The number of piperidine rings is 1. The molecule has 1 N–H and O–H groups in total. The third kappa shape index (κ3) is 5.37. The summed E-state index contributed by atoms with van der Waals surface area (Å²) < 4.78 is 23.9. The molecular formula is C19H28Cl2N2O3S. The maximum absolute atomic E-state index is 13.4. The molecule has 1 heterocycles. The van der Waals surface area contributed by atoms with E-state index in [0.29, 0.717) is 56.4 Å². The van der Waals surface area contributed by atoms with Gasteiger partial charge >= 0.3 is 0 Å². The smallest absolute Gasteiger partial charge is 0.244 e. The lowest BCUT2D eigenvalue weighted by molar-refractivity contribution is -0.135. The molecule has 2 fully saturated rings. The van der Waals surface area contributed by atoms with Crippen molar-refractivity contribution in [1.82, 2.24) is 10.2 Å². The maximum Gasteiger partial charge on any atom is 0.244 e. The van der Waals surface area contributed by atoms with Crippen molar-refractivity contribution in [3.63, 3.8) is 0 Å². The first-order chi connectivity index (χ1) is 12.3. The molecule has 0 radical (unpaired) electrons. The molecule has 2 aliphatic rings. The van der Waals surface area contributed by atoms with Gasteiger partial charge in [-0.25, -0.2) is 8.42 Å². The Balaban J connectivity index is 0.00000261. The predicted octanol–water partition coefficient (Wildman–Crippen LogP) is 2.71. The minimum Gasteiger partial charge on any atom is -0.341 e. The lowest BCUT2D eigenvalue weighted by atomic mass is 9.94.